The van der Waals surface area contributed by atoms with Crippen LogP contribution < -0.4 is 0 Å². The van der Waals surface area contributed by atoms with Crippen LogP contribution in [0.5, 0.6) is 0 Å². The molecule has 1 aliphatic heterocycles. The minimum atomic E-state index is -0.801. The third-order valence-corrected chi connectivity index (χ3v) is 4.03. The topological polar surface area (TPSA) is 57.6 Å². The monoisotopic (exact) mass is 237 g/mol. The first-order valence-electron chi connectivity index (χ1n) is 6.15. The number of hydrogen-bond donors (Lipinski definition) is 1. The fourth-order valence-electron chi connectivity index (χ4n) is 2.68. The second kappa shape index (κ2) is 4.17. The first kappa shape index (κ1) is 12.1. The van der Waals surface area contributed by atoms with Crippen LogP contribution in [0.3, 0.4) is 0 Å². The number of likely N-dealkylation sites (tertiary alicyclic amines) is 1. The highest BCUT2D eigenvalue weighted by Gasteiger charge is 2.42. The summed E-state index contributed by atoms with van der Waals surface area (Å²) in [7, 11) is 0. The maximum atomic E-state index is 12.2. The summed E-state index contributed by atoms with van der Waals surface area (Å²) in [6.45, 7) is 4.64. The zero-order valence-electron chi connectivity index (χ0n) is 10.5. The van der Waals surface area contributed by atoms with E-state index in [1.165, 1.54) is 5.57 Å². The van der Waals surface area contributed by atoms with E-state index in [0.29, 0.717) is 19.5 Å². The Bertz CT molecular complexity index is 399. The van der Waals surface area contributed by atoms with Gasteiger partial charge in [0.15, 0.2) is 0 Å². The third-order valence-electron chi connectivity index (χ3n) is 4.03. The summed E-state index contributed by atoms with van der Waals surface area (Å²) in [5, 5.41) is 9.14. The molecule has 2 aliphatic rings. The Hall–Kier alpha value is -1.32. The lowest BCUT2D eigenvalue weighted by Gasteiger charge is -2.21. The molecule has 4 heteroatoms. The number of allylic oxidation sites excluding steroid dienone is 1. The zero-order valence-corrected chi connectivity index (χ0v) is 10.5. The highest BCUT2D eigenvalue weighted by Crippen LogP contribution is 2.33. The number of carbonyl (C=O) groups is 2. The van der Waals surface area contributed by atoms with Crippen molar-refractivity contribution in [3.63, 3.8) is 0 Å². The average Bonchev–Trinajstić information content (AvgIpc) is 2.85. The van der Waals surface area contributed by atoms with Crippen LogP contribution in [0.2, 0.25) is 0 Å². The molecule has 0 saturated carbocycles. The van der Waals surface area contributed by atoms with Crippen molar-refractivity contribution < 1.29 is 14.7 Å². The molecule has 94 valence electrons. The molecule has 0 aromatic rings. The number of carbonyl (C=O) groups excluding carboxylic acids is 1. The summed E-state index contributed by atoms with van der Waals surface area (Å²) in [4.78, 5) is 25.1. The summed E-state index contributed by atoms with van der Waals surface area (Å²) in [6.07, 6.45) is 3.47. The lowest BCUT2D eigenvalue weighted by atomic mass is 9.90. The number of amides is 1. The summed E-state index contributed by atoms with van der Waals surface area (Å²) in [5.41, 5.74) is 1.33. The van der Waals surface area contributed by atoms with Gasteiger partial charge in [0.25, 0.3) is 0 Å². The number of aliphatic carboxylic acids is 1. The molecule has 1 aliphatic carbocycles. The Morgan fingerprint density at radius 1 is 1.35 bits per heavy atom. The Morgan fingerprint density at radius 3 is 2.53 bits per heavy atom. The molecule has 1 atom stereocenters. The molecule has 1 saturated heterocycles. The van der Waals surface area contributed by atoms with Gasteiger partial charge in [0.1, 0.15) is 0 Å². The third kappa shape index (κ3) is 2.08. The quantitative estimate of drug-likeness (QED) is 0.796. The van der Waals surface area contributed by atoms with Gasteiger partial charge in [0.2, 0.25) is 5.91 Å². The molecule has 4 nitrogen and oxygen atoms in total. The molecule has 0 bridgehead atoms. The van der Waals surface area contributed by atoms with Crippen LogP contribution in [0.1, 0.15) is 39.5 Å². The largest absolute Gasteiger partial charge is 0.481 e. The SMILES string of the molecule is CC1=C(C(=O)N2CCC(C)(C(=O)O)C2)CCC1. The van der Waals surface area contributed by atoms with Crippen molar-refractivity contribution in [1.29, 1.82) is 0 Å². The summed E-state index contributed by atoms with van der Waals surface area (Å²) >= 11 is 0. The molecule has 0 aromatic heterocycles. The predicted octanol–water partition coefficient (Wildman–Crippen LogP) is 1.81. The maximum Gasteiger partial charge on any atom is 0.311 e. The normalized spacial score (nSPS) is 28.9. The molecule has 17 heavy (non-hydrogen) atoms. The van der Waals surface area contributed by atoms with Gasteiger partial charge in [-0.1, -0.05) is 5.57 Å². The van der Waals surface area contributed by atoms with Crippen molar-refractivity contribution in [2.24, 2.45) is 5.41 Å². The molecule has 0 radical (unpaired) electrons. The van der Waals surface area contributed by atoms with E-state index in [1.54, 1.807) is 11.8 Å². The van der Waals surface area contributed by atoms with Gasteiger partial charge in [0, 0.05) is 18.7 Å². The fraction of sp³-hybridized carbons (Fsp3) is 0.692. The highest BCUT2D eigenvalue weighted by molar-refractivity contribution is 5.95. The molecule has 1 fully saturated rings. The van der Waals surface area contributed by atoms with Gasteiger partial charge in [-0.05, 0) is 39.5 Å². The second-order valence-corrected chi connectivity index (χ2v) is 5.45. The molecule has 1 amide bonds. The van der Waals surface area contributed by atoms with Crippen molar-refractivity contribution in [1.82, 2.24) is 4.90 Å². The van der Waals surface area contributed by atoms with Gasteiger partial charge in [-0.3, -0.25) is 9.59 Å². The van der Waals surface area contributed by atoms with E-state index in [9.17, 15) is 9.59 Å². The number of hydrogen-bond acceptors (Lipinski definition) is 2. The van der Waals surface area contributed by atoms with Gasteiger partial charge in [-0.15, -0.1) is 0 Å². The van der Waals surface area contributed by atoms with Gasteiger partial charge in [-0.25, -0.2) is 0 Å². The maximum absolute atomic E-state index is 12.2. The van der Waals surface area contributed by atoms with Gasteiger partial charge >= 0.3 is 5.97 Å². The van der Waals surface area contributed by atoms with Crippen LogP contribution in [0.4, 0.5) is 0 Å². The smallest absolute Gasteiger partial charge is 0.311 e. The lowest BCUT2D eigenvalue weighted by Crippen LogP contribution is -2.35. The van der Waals surface area contributed by atoms with E-state index in [0.717, 1.165) is 24.8 Å². The van der Waals surface area contributed by atoms with Crippen LogP contribution in [0.25, 0.3) is 0 Å². The Balaban J connectivity index is 2.09. The molecule has 1 N–H and O–H groups in total. The number of nitrogens with zero attached hydrogens (tertiary/aromatic N) is 1. The molecule has 1 unspecified atom stereocenters. The summed E-state index contributed by atoms with van der Waals surface area (Å²) < 4.78 is 0. The van der Waals surface area contributed by atoms with Crippen LogP contribution in [0.15, 0.2) is 11.1 Å². The summed E-state index contributed by atoms with van der Waals surface area (Å²) in [5.74, 6) is -0.741. The van der Waals surface area contributed by atoms with Crippen molar-refractivity contribution >= 4 is 11.9 Å². The van der Waals surface area contributed by atoms with Crippen molar-refractivity contribution in [3.05, 3.63) is 11.1 Å². The van der Waals surface area contributed by atoms with Crippen LogP contribution in [-0.4, -0.2) is 35.0 Å². The van der Waals surface area contributed by atoms with E-state index in [4.69, 9.17) is 5.11 Å². The summed E-state index contributed by atoms with van der Waals surface area (Å²) in [6, 6.07) is 0. The minimum absolute atomic E-state index is 0.0602. The zero-order chi connectivity index (χ0) is 12.6. The molecule has 0 aromatic carbocycles. The number of carboxylic acids is 1. The Labute approximate surface area is 101 Å². The predicted molar refractivity (Wildman–Crippen MR) is 63.5 cm³/mol. The lowest BCUT2D eigenvalue weighted by molar-refractivity contribution is -0.147. The minimum Gasteiger partial charge on any atom is -0.481 e. The second-order valence-electron chi connectivity index (χ2n) is 5.45. The standard InChI is InChI=1S/C13H19NO3/c1-9-4-3-5-10(9)11(15)14-7-6-13(2,8-14)12(16)17/h3-8H2,1-2H3,(H,16,17). The van der Waals surface area contributed by atoms with Crippen molar-refractivity contribution in [2.75, 3.05) is 13.1 Å². The van der Waals surface area contributed by atoms with E-state index in [-0.39, 0.29) is 5.91 Å². The molecular weight excluding hydrogens is 218 g/mol. The van der Waals surface area contributed by atoms with E-state index < -0.39 is 11.4 Å². The van der Waals surface area contributed by atoms with Crippen LogP contribution >= 0.6 is 0 Å². The van der Waals surface area contributed by atoms with Gasteiger partial charge < -0.3 is 10.0 Å². The molecular formula is C13H19NO3. The Kier molecular flexibility index (Phi) is 2.98. The Morgan fingerprint density at radius 2 is 2.06 bits per heavy atom. The molecule has 0 spiro atoms. The van der Waals surface area contributed by atoms with E-state index in [2.05, 4.69) is 0 Å². The van der Waals surface area contributed by atoms with Crippen molar-refractivity contribution in [3.8, 4) is 0 Å². The van der Waals surface area contributed by atoms with Gasteiger partial charge in [-0.2, -0.15) is 0 Å². The van der Waals surface area contributed by atoms with Crippen molar-refractivity contribution in [2.45, 2.75) is 39.5 Å². The first-order valence-corrected chi connectivity index (χ1v) is 6.15. The highest BCUT2D eigenvalue weighted by atomic mass is 16.4. The van der Waals surface area contributed by atoms with Crippen LogP contribution in [-0.2, 0) is 9.59 Å². The number of carboxylic acid groups (broad SMARTS) is 1. The van der Waals surface area contributed by atoms with E-state index in [1.807, 2.05) is 6.92 Å². The van der Waals surface area contributed by atoms with Gasteiger partial charge in [0.05, 0.1) is 5.41 Å². The first-order chi connectivity index (χ1) is 7.94. The van der Waals surface area contributed by atoms with Crippen LogP contribution in [0, 0.1) is 5.41 Å². The van der Waals surface area contributed by atoms with E-state index >= 15 is 0 Å². The molecule has 2 rings (SSSR count). The molecule has 1 heterocycles. The fourth-order valence-corrected chi connectivity index (χ4v) is 2.68. The average molecular weight is 237 g/mol. The number of rotatable bonds is 2.